The smallest absolute Gasteiger partial charge is 0.487 e. The molecule has 0 spiro atoms. The number of amides is 1. The number of pyridine rings is 1. The van der Waals surface area contributed by atoms with E-state index >= 15 is 4.39 Å². The molecule has 20 heteroatoms. The Morgan fingerprint density at radius 3 is 2.17 bits per heavy atom. The number of aromatic nitrogens is 3. The quantitative estimate of drug-likeness (QED) is 0.0839. The average Bonchev–Trinajstić information content (AvgIpc) is 3.65. The van der Waals surface area contributed by atoms with Crippen LogP contribution in [0.15, 0.2) is 73.1 Å². The number of nitrogens with one attached hydrogen (secondary N) is 2. The number of nitrogens with two attached hydrogens (primary N) is 2. The van der Waals surface area contributed by atoms with Crippen LogP contribution in [0, 0.1) is 5.82 Å². The lowest BCUT2D eigenvalue weighted by Crippen LogP contribution is -2.35. The number of carbonyl (C=O) groups is 3. The van der Waals surface area contributed by atoms with Crippen LogP contribution < -0.4 is 21.5 Å². The standard InChI is InChI=1S/C34H36FN7O2.2C2HF3O2/c1-3-20-16-27(30(35)29(17-20)44-23-11-14-42(2)15-12-23)31(40-22-8-9-24-21(18-22)10-13-38-32(24)36)34-39-19-28(41-34)25-6-4-5-7-26(25)33(37)43;2*3-2(4,5)1(6)7/h4-10,13,16-19,23,31,40H,3,11-12,14-15H2,1-2H3,(H2,36,38)(H2,37,43)(H,39,41);2*(H,6,7). The van der Waals surface area contributed by atoms with E-state index in [2.05, 4.69) is 32.2 Å². The van der Waals surface area contributed by atoms with Crippen LogP contribution in [0.1, 0.15) is 53.1 Å². The third-order valence-corrected chi connectivity index (χ3v) is 8.75. The molecule has 8 N–H and O–H groups in total. The molecule has 0 aliphatic carbocycles. The van der Waals surface area contributed by atoms with E-state index in [-0.39, 0.29) is 11.9 Å². The first-order valence-corrected chi connectivity index (χ1v) is 17.3. The molecule has 58 heavy (non-hydrogen) atoms. The first kappa shape index (κ1) is 44.3. The molecule has 0 saturated carbocycles. The maximum atomic E-state index is 16.6. The van der Waals surface area contributed by atoms with Crippen molar-refractivity contribution in [1.29, 1.82) is 0 Å². The minimum Gasteiger partial charge on any atom is -0.487 e. The fourth-order valence-corrected chi connectivity index (χ4v) is 5.77. The van der Waals surface area contributed by atoms with E-state index in [1.807, 2.05) is 43.3 Å². The second-order valence-corrected chi connectivity index (χ2v) is 12.9. The summed E-state index contributed by atoms with van der Waals surface area (Å²) < 4.78 is 86.3. The number of benzene rings is 3. The molecule has 1 unspecified atom stereocenters. The number of aryl methyl sites for hydroxylation is 1. The van der Waals surface area contributed by atoms with Crippen molar-refractivity contribution in [2.45, 2.75) is 50.7 Å². The van der Waals surface area contributed by atoms with Crippen molar-refractivity contribution in [1.82, 2.24) is 19.9 Å². The maximum absolute atomic E-state index is 16.6. The molecule has 0 bridgehead atoms. The molecular weight excluding hydrogens is 783 g/mol. The predicted molar refractivity (Wildman–Crippen MR) is 198 cm³/mol. The van der Waals surface area contributed by atoms with Crippen LogP contribution in [0.3, 0.4) is 0 Å². The summed E-state index contributed by atoms with van der Waals surface area (Å²) >= 11 is 0. The van der Waals surface area contributed by atoms with Gasteiger partial charge in [0.25, 0.3) is 0 Å². The van der Waals surface area contributed by atoms with Gasteiger partial charge in [-0.05, 0) is 73.7 Å². The molecule has 3 aromatic carbocycles. The number of H-pyrrole nitrogens is 1. The van der Waals surface area contributed by atoms with Gasteiger partial charge in [-0.3, -0.25) is 4.79 Å². The van der Waals surface area contributed by atoms with Crippen LogP contribution in [-0.2, 0) is 16.0 Å². The van der Waals surface area contributed by atoms with Crippen molar-refractivity contribution in [3.8, 4) is 17.0 Å². The van der Waals surface area contributed by atoms with Gasteiger partial charge in [-0.15, -0.1) is 0 Å². The number of aromatic amines is 1. The molecule has 0 radical (unpaired) electrons. The zero-order valence-electron chi connectivity index (χ0n) is 30.8. The van der Waals surface area contributed by atoms with Crippen molar-refractivity contribution in [2.75, 3.05) is 31.2 Å². The SMILES string of the molecule is CCc1cc(OC2CCN(C)CC2)c(F)c(C(Nc2ccc3c(N)nccc3c2)c2ncc(-c3ccccc3C(N)=O)[nH]2)c1.O=C(O)C(F)(F)F.O=C(O)C(F)(F)F. The Labute approximate surface area is 325 Å². The Morgan fingerprint density at radius 1 is 0.966 bits per heavy atom. The van der Waals surface area contributed by atoms with E-state index in [4.69, 9.17) is 36.0 Å². The number of carbonyl (C=O) groups excluding carboxylic acids is 1. The highest BCUT2D eigenvalue weighted by Gasteiger charge is 2.39. The van der Waals surface area contributed by atoms with Crippen LogP contribution in [0.2, 0.25) is 0 Å². The Bertz CT molecular complexity index is 2220. The van der Waals surface area contributed by atoms with Gasteiger partial charge >= 0.3 is 24.3 Å². The Morgan fingerprint density at radius 2 is 1.59 bits per heavy atom. The fourth-order valence-electron chi connectivity index (χ4n) is 5.77. The van der Waals surface area contributed by atoms with Crippen molar-refractivity contribution >= 4 is 40.1 Å². The zero-order chi connectivity index (χ0) is 42.9. The average molecular weight is 822 g/mol. The van der Waals surface area contributed by atoms with E-state index < -0.39 is 42.1 Å². The van der Waals surface area contributed by atoms with Crippen molar-refractivity contribution < 1.29 is 60.1 Å². The van der Waals surface area contributed by atoms with Gasteiger partial charge in [0.05, 0.1) is 11.9 Å². The molecular formula is C38H38F7N7O6. The molecule has 3 heterocycles. The molecule has 1 atom stereocenters. The van der Waals surface area contributed by atoms with Crippen molar-refractivity contribution in [3.63, 3.8) is 0 Å². The number of hydrogen-bond donors (Lipinski definition) is 6. The zero-order valence-corrected chi connectivity index (χ0v) is 30.8. The normalized spacial score (nSPS) is 14.0. The number of alkyl halides is 6. The van der Waals surface area contributed by atoms with E-state index in [0.29, 0.717) is 40.4 Å². The highest BCUT2D eigenvalue weighted by molar-refractivity contribution is 5.99. The van der Waals surface area contributed by atoms with E-state index in [9.17, 15) is 31.1 Å². The monoisotopic (exact) mass is 821 g/mol. The third-order valence-electron chi connectivity index (χ3n) is 8.75. The molecule has 5 aromatic rings. The molecule has 1 aliphatic heterocycles. The fraction of sp³-hybridized carbons (Fsp3) is 0.289. The van der Waals surface area contributed by atoms with Crippen molar-refractivity contribution in [3.05, 3.63) is 101 Å². The number of rotatable bonds is 9. The van der Waals surface area contributed by atoms with Crippen LogP contribution in [0.25, 0.3) is 22.0 Å². The lowest BCUT2D eigenvalue weighted by Gasteiger charge is -2.30. The van der Waals surface area contributed by atoms with Gasteiger partial charge < -0.3 is 41.6 Å². The topological polar surface area (TPSA) is 210 Å². The van der Waals surface area contributed by atoms with Crippen LogP contribution >= 0.6 is 0 Å². The highest BCUT2D eigenvalue weighted by Crippen LogP contribution is 2.36. The van der Waals surface area contributed by atoms with E-state index in [1.165, 1.54) is 0 Å². The number of carboxylic acids is 2. The van der Waals surface area contributed by atoms with E-state index in [0.717, 1.165) is 48.0 Å². The molecule has 1 aliphatic rings. The van der Waals surface area contributed by atoms with Crippen LogP contribution in [0.5, 0.6) is 5.75 Å². The summed E-state index contributed by atoms with van der Waals surface area (Å²) in [5, 5.41) is 19.5. The predicted octanol–water partition coefficient (Wildman–Crippen LogP) is 6.95. The van der Waals surface area contributed by atoms with Gasteiger partial charge in [-0.1, -0.05) is 31.2 Å². The summed E-state index contributed by atoms with van der Waals surface area (Å²) in [7, 11) is 2.08. The number of fused-ring (bicyclic) bond motifs is 1. The third kappa shape index (κ3) is 11.6. The number of likely N-dealkylation sites (tertiary alicyclic amines) is 1. The minimum atomic E-state index is -5.08. The number of piperidine rings is 1. The first-order valence-electron chi connectivity index (χ1n) is 17.3. The number of halogens is 7. The molecule has 13 nitrogen and oxygen atoms in total. The highest BCUT2D eigenvalue weighted by atomic mass is 19.4. The van der Waals surface area contributed by atoms with Crippen LogP contribution in [-0.4, -0.2) is 86.5 Å². The van der Waals surface area contributed by atoms with Gasteiger partial charge in [0, 0.05) is 47.1 Å². The number of aliphatic carboxylic acids is 2. The van der Waals surface area contributed by atoms with E-state index in [1.54, 1.807) is 36.7 Å². The van der Waals surface area contributed by atoms with Gasteiger partial charge in [-0.2, -0.15) is 26.3 Å². The van der Waals surface area contributed by atoms with Gasteiger partial charge in [0.15, 0.2) is 11.6 Å². The summed E-state index contributed by atoms with van der Waals surface area (Å²) in [5.74, 6) is -5.36. The lowest BCUT2D eigenvalue weighted by molar-refractivity contribution is -0.193. The lowest BCUT2D eigenvalue weighted by atomic mass is 9.99. The number of imidazole rings is 1. The number of nitrogen functional groups attached to an aromatic ring is 1. The van der Waals surface area contributed by atoms with Gasteiger partial charge in [0.1, 0.15) is 23.8 Å². The Hall–Kier alpha value is -6.44. The van der Waals surface area contributed by atoms with Gasteiger partial charge in [-0.25, -0.2) is 23.9 Å². The Balaban J connectivity index is 0.000000456. The minimum absolute atomic E-state index is 0.0628. The van der Waals surface area contributed by atoms with Gasteiger partial charge in [0.2, 0.25) is 5.91 Å². The molecule has 2 aromatic heterocycles. The second-order valence-electron chi connectivity index (χ2n) is 12.9. The maximum Gasteiger partial charge on any atom is 0.490 e. The summed E-state index contributed by atoms with van der Waals surface area (Å²) in [4.78, 5) is 44.4. The second kappa shape index (κ2) is 18.7. The summed E-state index contributed by atoms with van der Waals surface area (Å²) in [6.45, 7) is 3.84. The Kier molecular flexibility index (Phi) is 14.3. The summed E-state index contributed by atoms with van der Waals surface area (Å²) in [6, 6.07) is 17.6. The number of ether oxygens (including phenoxy) is 1. The first-order chi connectivity index (χ1) is 27.2. The molecule has 1 amide bonds. The number of hydrogen-bond acceptors (Lipinski definition) is 9. The molecule has 6 rings (SSSR count). The summed E-state index contributed by atoms with van der Waals surface area (Å²) in [6.07, 6.45) is -4.58. The molecule has 1 fully saturated rings. The number of nitrogens with zero attached hydrogens (tertiary/aromatic N) is 3. The largest absolute Gasteiger partial charge is 0.490 e. The molecule has 1 saturated heterocycles. The number of carboxylic acid groups (broad SMARTS) is 2. The summed E-state index contributed by atoms with van der Waals surface area (Å²) in [5.41, 5.74) is 15.4. The number of primary amides is 1. The van der Waals surface area contributed by atoms with Crippen molar-refractivity contribution in [2.24, 2.45) is 5.73 Å². The molecule has 310 valence electrons. The number of anilines is 2. The van der Waals surface area contributed by atoms with Crippen LogP contribution in [0.4, 0.5) is 42.2 Å².